The minimum Gasteiger partial charge on any atom is -0.369 e. The molecule has 5 nitrogen and oxygen atoms in total. The molecule has 0 bridgehead atoms. The SMILES string of the molecule is CCOC(C)C(=O)NC(C(N)=O)c1ccc(F)cc1. The van der Waals surface area contributed by atoms with E-state index in [1.807, 2.05) is 0 Å². The average molecular weight is 268 g/mol. The molecule has 2 amide bonds. The number of hydrogen-bond acceptors (Lipinski definition) is 3. The first-order valence-electron chi connectivity index (χ1n) is 5.92. The normalized spacial score (nSPS) is 13.6. The molecule has 0 saturated heterocycles. The lowest BCUT2D eigenvalue weighted by Gasteiger charge is -2.18. The van der Waals surface area contributed by atoms with Gasteiger partial charge in [0.05, 0.1) is 0 Å². The second kappa shape index (κ2) is 6.84. The zero-order chi connectivity index (χ0) is 14.4. The Bertz CT molecular complexity index is 448. The molecule has 0 spiro atoms. The molecule has 0 aromatic heterocycles. The fourth-order valence-corrected chi connectivity index (χ4v) is 1.56. The second-order valence-electron chi connectivity index (χ2n) is 3.99. The number of nitrogens with one attached hydrogen (secondary N) is 1. The van der Waals surface area contributed by atoms with E-state index in [-0.39, 0.29) is 0 Å². The third kappa shape index (κ3) is 4.33. The van der Waals surface area contributed by atoms with Gasteiger partial charge in [0.25, 0.3) is 0 Å². The third-order valence-electron chi connectivity index (χ3n) is 2.56. The predicted molar refractivity (Wildman–Crippen MR) is 67.6 cm³/mol. The first-order chi connectivity index (χ1) is 8.95. The van der Waals surface area contributed by atoms with Crippen molar-refractivity contribution in [3.05, 3.63) is 35.6 Å². The maximum Gasteiger partial charge on any atom is 0.249 e. The maximum atomic E-state index is 12.8. The van der Waals surface area contributed by atoms with Crippen LogP contribution in [0.15, 0.2) is 24.3 Å². The van der Waals surface area contributed by atoms with Gasteiger partial charge >= 0.3 is 0 Å². The molecule has 3 N–H and O–H groups in total. The van der Waals surface area contributed by atoms with Crippen molar-refractivity contribution in [2.75, 3.05) is 6.61 Å². The summed E-state index contributed by atoms with van der Waals surface area (Å²) in [5, 5.41) is 2.48. The molecule has 0 saturated carbocycles. The molecular formula is C13H17FN2O3. The van der Waals surface area contributed by atoms with E-state index in [1.165, 1.54) is 24.3 Å². The fourth-order valence-electron chi connectivity index (χ4n) is 1.56. The maximum absolute atomic E-state index is 12.8. The summed E-state index contributed by atoms with van der Waals surface area (Å²) >= 11 is 0. The van der Waals surface area contributed by atoms with E-state index < -0.39 is 29.8 Å². The Morgan fingerprint density at radius 2 is 1.95 bits per heavy atom. The molecule has 0 fully saturated rings. The molecule has 2 atom stereocenters. The van der Waals surface area contributed by atoms with Gasteiger partial charge in [0.2, 0.25) is 11.8 Å². The highest BCUT2D eigenvalue weighted by Crippen LogP contribution is 2.13. The molecule has 0 aliphatic carbocycles. The van der Waals surface area contributed by atoms with Crippen molar-refractivity contribution in [1.82, 2.24) is 5.32 Å². The van der Waals surface area contributed by atoms with Gasteiger partial charge in [0, 0.05) is 6.61 Å². The first kappa shape index (κ1) is 15.1. The zero-order valence-electron chi connectivity index (χ0n) is 10.9. The van der Waals surface area contributed by atoms with E-state index in [0.717, 1.165) is 0 Å². The van der Waals surface area contributed by atoms with Crippen LogP contribution in [0.2, 0.25) is 0 Å². The zero-order valence-corrected chi connectivity index (χ0v) is 10.9. The summed E-state index contributed by atoms with van der Waals surface area (Å²) in [5.74, 6) is -1.60. The number of nitrogens with two attached hydrogens (primary N) is 1. The van der Waals surface area contributed by atoms with Crippen LogP contribution < -0.4 is 11.1 Å². The number of carbonyl (C=O) groups excluding carboxylic acids is 2. The van der Waals surface area contributed by atoms with Crippen molar-refractivity contribution in [2.45, 2.75) is 26.0 Å². The van der Waals surface area contributed by atoms with Crippen LogP contribution in [0.3, 0.4) is 0 Å². The lowest BCUT2D eigenvalue weighted by atomic mass is 10.1. The Morgan fingerprint density at radius 1 is 1.37 bits per heavy atom. The van der Waals surface area contributed by atoms with Crippen molar-refractivity contribution in [1.29, 1.82) is 0 Å². The Kier molecular flexibility index (Phi) is 5.44. The first-order valence-corrected chi connectivity index (χ1v) is 5.92. The Hall–Kier alpha value is -1.95. The molecule has 1 aromatic carbocycles. The molecule has 1 aromatic rings. The van der Waals surface area contributed by atoms with Gasteiger partial charge in [0.15, 0.2) is 0 Å². The molecule has 0 radical (unpaired) electrons. The minimum atomic E-state index is -1.00. The number of halogens is 1. The number of amides is 2. The summed E-state index contributed by atoms with van der Waals surface area (Å²) < 4.78 is 17.9. The van der Waals surface area contributed by atoms with E-state index in [0.29, 0.717) is 12.2 Å². The highest BCUT2D eigenvalue weighted by atomic mass is 19.1. The monoisotopic (exact) mass is 268 g/mol. The summed E-state index contributed by atoms with van der Waals surface area (Å²) in [6.45, 7) is 3.71. The van der Waals surface area contributed by atoms with Crippen molar-refractivity contribution in [3.8, 4) is 0 Å². The number of hydrogen-bond donors (Lipinski definition) is 2. The topological polar surface area (TPSA) is 81.4 Å². The molecular weight excluding hydrogens is 251 g/mol. The molecule has 19 heavy (non-hydrogen) atoms. The van der Waals surface area contributed by atoms with Crippen molar-refractivity contribution in [3.63, 3.8) is 0 Å². The van der Waals surface area contributed by atoms with Crippen LogP contribution in [0, 0.1) is 5.82 Å². The largest absolute Gasteiger partial charge is 0.369 e. The predicted octanol–water partition coefficient (Wildman–Crippen LogP) is 0.893. The van der Waals surface area contributed by atoms with Gasteiger partial charge in [-0.3, -0.25) is 9.59 Å². The summed E-state index contributed by atoms with van der Waals surface area (Å²) in [7, 11) is 0. The van der Waals surface area contributed by atoms with Crippen LogP contribution in [0.4, 0.5) is 4.39 Å². The second-order valence-corrected chi connectivity index (χ2v) is 3.99. The minimum absolute atomic E-state index is 0.381. The lowest BCUT2D eigenvalue weighted by Crippen LogP contribution is -2.42. The molecule has 0 aliphatic heterocycles. The van der Waals surface area contributed by atoms with Crippen molar-refractivity contribution >= 4 is 11.8 Å². The quantitative estimate of drug-likeness (QED) is 0.804. The Morgan fingerprint density at radius 3 is 2.42 bits per heavy atom. The van der Waals surface area contributed by atoms with Gasteiger partial charge in [0.1, 0.15) is 18.0 Å². The highest BCUT2D eigenvalue weighted by Gasteiger charge is 2.23. The third-order valence-corrected chi connectivity index (χ3v) is 2.56. The molecule has 1 rings (SSSR count). The van der Waals surface area contributed by atoms with Gasteiger partial charge in [-0.25, -0.2) is 4.39 Å². The summed E-state index contributed by atoms with van der Waals surface area (Å²) in [4.78, 5) is 23.1. The van der Waals surface area contributed by atoms with Crippen LogP contribution in [-0.4, -0.2) is 24.5 Å². The highest BCUT2D eigenvalue weighted by molar-refractivity contribution is 5.89. The number of ether oxygens (including phenoxy) is 1. The summed E-state index contributed by atoms with van der Waals surface area (Å²) in [6, 6.07) is 4.19. The fraction of sp³-hybridized carbons (Fsp3) is 0.385. The smallest absolute Gasteiger partial charge is 0.249 e. The van der Waals surface area contributed by atoms with Crippen LogP contribution >= 0.6 is 0 Å². The van der Waals surface area contributed by atoms with Crippen LogP contribution in [-0.2, 0) is 14.3 Å². The Labute approximate surface area is 110 Å². The van der Waals surface area contributed by atoms with Gasteiger partial charge in [-0.05, 0) is 31.5 Å². The van der Waals surface area contributed by atoms with Crippen LogP contribution in [0.1, 0.15) is 25.5 Å². The van der Waals surface area contributed by atoms with E-state index in [4.69, 9.17) is 10.5 Å². The van der Waals surface area contributed by atoms with E-state index in [9.17, 15) is 14.0 Å². The number of rotatable bonds is 6. The van der Waals surface area contributed by atoms with E-state index >= 15 is 0 Å². The van der Waals surface area contributed by atoms with Gasteiger partial charge in [-0.15, -0.1) is 0 Å². The van der Waals surface area contributed by atoms with Crippen molar-refractivity contribution < 1.29 is 18.7 Å². The van der Waals surface area contributed by atoms with Gasteiger partial charge < -0.3 is 15.8 Å². The summed E-state index contributed by atoms with van der Waals surface area (Å²) in [5.41, 5.74) is 5.66. The van der Waals surface area contributed by atoms with Crippen LogP contribution in [0.5, 0.6) is 0 Å². The van der Waals surface area contributed by atoms with Gasteiger partial charge in [-0.2, -0.15) is 0 Å². The molecule has 6 heteroatoms. The molecule has 0 aliphatic rings. The lowest BCUT2D eigenvalue weighted by molar-refractivity contribution is -0.135. The number of primary amides is 1. The van der Waals surface area contributed by atoms with E-state index in [2.05, 4.69) is 5.32 Å². The molecule has 2 unspecified atom stereocenters. The average Bonchev–Trinajstić information content (AvgIpc) is 2.37. The number of benzene rings is 1. The van der Waals surface area contributed by atoms with Gasteiger partial charge in [-0.1, -0.05) is 12.1 Å². The standard InChI is InChI=1S/C13H17FN2O3/c1-3-19-8(2)13(18)16-11(12(15)17)9-4-6-10(14)7-5-9/h4-8,11H,3H2,1-2H3,(H2,15,17)(H,16,18). The molecule has 104 valence electrons. The Balaban J connectivity index is 2.82. The molecule has 0 heterocycles. The summed E-state index contributed by atoms with van der Waals surface area (Å²) in [6.07, 6.45) is -0.688. The number of carbonyl (C=O) groups is 2. The van der Waals surface area contributed by atoms with Crippen molar-refractivity contribution in [2.24, 2.45) is 5.73 Å². The van der Waals surface area contributed by atoms with Crippen LogP contribution in [0.25, 0.3) is 0 Å². The van der Waals surface area contributed by atoms with E-state index in [1.54, 1.807) is 13.8 Å².